The number of aromatic nitrogens is 2. The molecule has 1 fully saturated rings. The minimum absolute atomic E-state index is 0.0485. The molecule has 0 aliphatic carbocycles. The number of aliphatic hydroxyl groups excluding tert-OH is 1. The van der Waals surface area contributed by atoms with Crippen LogP contribution >= 0.6 is 0 Å². The summed E-state index contributed by atoms with van der Waals surface area (Å²) in [5, 5.41) is 10.1. The molecule has 0 radical (unpaired) electrons. The topological polar surface area (TPSA) is 103 Å². The van der Waals surface area contributed by atoms with Crippen LogP contribution in [0, 0.1) is 0 Å². The standard InChI is InChI=1S/C18H32N2O6Si/c1-8-18(11-21)14(26-27(6,7)17(2,3)4)13(24-5)15(25-18)20-10-9-12(22)19-16(20)23/h9-10,13-15,21H,8,11H2,1-7H3,(H,19,22,23)/t13-,14?,15+,18-/m0/s1. The van der Waals surface area contributed by atoms with E-state index in [1.807, 2.05) is 6.92 Å². The molecule has 1 aromatic rings. The fourth-order valence-corrected chi connectivity index (χ4v) is 4.44. The maximum absolute atomic E-state index is 12.3. The van der Waals surface area contributed by atoms with Gasteiger partial charge in [0.2, 0.25) is 0 Å². The first-order chi connectivity index (χ1) is 12.4. The molecule has 1 aliphatic heterocycles. The van der Waals surface area contributed by atoms with Crippen LogP contribution in [0.25, 0.3) is 0 Å². The van der Waals surface area contributed by atoms with Gasteiger partial charge in [0.15, 0.2) is 14.5 Å². The van der Waals surface area contributed by atoms with Gasteiger partial charge in [-0.3, -0.25) is 14.3 Å². The van der Waals surface area contributed by atoms with Crippen LogP contribution < -0.4 is 11.2 Å². The Morgan fingerprint density at radius 3 is 2.44 bits per heavy atom. The smallest absolute Gasteiger partial charge is 0.330 e. The molecule has 0 amide bonds. The molecule has 0 aromatic carbocycles. The van der Waals surface area contributed by atoms with E-state index in [0.717, 1.165) is 0 Å². The number of hydrogen-bond acceptors (Lipinski definition) is 6. The maximum Gasteiger partial charge on any atom is 0.330 e. The number of aliphatic hydroxyl groups is 1. The zero-order valence-corrected chi connectivity index (χ0v) is 18.2. The van der Waals surface area contributed by atoms with Gasteiger partial charge >= 0.3 is 5.69 Å². The summed E-state index contributed by atoms with van der Waals surface area (Å²) in [6, 6.07) is 1.26. The largest absolute Gasteiger partial charge is 0.408 e. The highest BCUT2D eigenvalue weighted by molar-refractivity contribution is 6.74. The fraction of sp³-hybridized carbons (Fsp3) is 0.778. The minimum Gasteiger partial charge on any atom is -0.408 e. The quantitative estimate of drug-likeness (QED) is 0.704. The second-order valence-electron chi connectivity index (χ2n) is 8.60. The Bertz CT molecular complexity index is 762. The van der Waals surface area contributed by atoms with Crippen molar-refractivity contribution in [1.82, 2.24) is 9.55 Å². The highest BCUT2D eigenvalue weighted by atomic mass is 28.4. The summed E-state index contributed by atoms with van der Waals surface area (Å²) in [5.41, 5.74) is -2.08. The number of ether oxygens (including phenoxy) is 2. The van der Waals surface area contributed by atoms with Crippen LogP contribution in [0.5, 0.6) is 0 Å². The summed E-state index contributed by atoms with van der Waals surface area (Å²) >= 11 is 0. The number of hydrogen-bond donors (Lipinski definition) is 2. The Morgan fingerprint density at radius 1 is 1.37 bits per heavy atom. The first kappa shape index (κ1) is 22.0. The molecule has 1 aromatic heterocycles. The van der Waals surface area contributed by atoms with E-state index < -0.39 is 43.6 Å². The predicted octanol–water partition coefficient (Wildman–Crippen LogP) is 1.61. The van der Waals surface area contributed by atoms with Crippen LogP contribution in [0.3, 0.4) is 0 Å². The third-order valence-corrected chi connectivity index (χ3v) is 10.4. The summed E-state index contributed by atoms with van der Waals surface area (Å²) in [4.78, 5) is 25.9. The Balaban J connectivity index is 2.53. The Morgan fingerprint density at radius 2 is 2.00 bits per heavy atom. The Labute approximate surface area is 160 Å². The predicted molar refractivity (Wildman–Crippen MR) is 104 cm³/mol. The highest BCUT2D eigenvalue weighted by Gasteiger charge is 2.58. The zero-order valence-electron chi connectivity index (χ0n) is 17.2. The molecule has 2 heterocycles. The van der Waals surface area contributed by atoms with Gasteiger partial charge in [-0.15, -0.1) is 0 Å². The highest BCUT2D eigenvalue weighted by Crippen LogP contribution is 2.46. The summed E-state index contributed by atoms with van der Waals surface area (Å²) in [6.45, 7) is 12.3. The molecular weight excluding hydrogens is 368 g/mol. The summed E-state index contributed by atoms with van der Waals surface area (Å²) in [5.74, 6) is 0. The summed E-state index contributed by atoms with van der Waals surface area (Å²) in [7, 11) is -0.688. The number of methoxy groups -OCH3 is 1. The molecular formula is C18H32N2O6Si. The van der Waals surface area contributed by atoms with E-state index in [4.69, 9.17) is 13.9 Å². The van der Waals surface area contributed by atoms with Crippen LogP contribution in [0.1, 0.15) is 40.3 Å². The van der Waals surface area contributed by atoms with Gasteiger partial charge < -0.3 is 19.0 Å². The van der Waals surface area contributed by atoms with Crippen molar-refractivity contribution >= 4 is 8.32 Å². The van der Waals surface area contributed by atoms with Gasteiger partial charge in [0.05, 0.1) is 6.61 Å². The number of H-pyrrole nitrogens is 1. The van der Waals surface area contributed by atoms with Gasteiger partial charge in [-0.25, -0.2) is 4.79 Å². The Hall–Kier alpha value is -1.26. The zero-order chi connectivity index (χ0) is 20.6. The second-order valence-corrected chi connectivity index (χ2v) is 13.4. The van der Waals surface area contributed by atoms with Crippen molar-refractivity contribution < 1.29 is 19.0 Å². The van der Waals surface area contributed by atoms with Crippen molar-refractivity contribution in [2.45, 2.75) is 76.3 Å². The van der Waals surface area contributed by atoms with Gasteiger partial charge in [0.1, 0.15) is 17.8 Å². The summed E-state index contributed by atoms with van der Waals surface area (Å²) < 4.78 is 19.8. The first-order valence-corrected chi connectivity index (χ1v) is 12.1. The van der Waals surface area contributed by atoms with Crippen molar-refractivity contribution in [1.29, 1.82) is 0 Å². The number of nitrogens with one attached hydrogen (secondary N) is 1. The normalized spacial score (nSPS) is 29.3. The lowest BCUT2D eigenvalue weighted by Crippen LogP contribution is -2.55. The molecule has 154 valence electrons. The first-order valence-electron chi connectivity index (χ1n) is 9.23. The molecule has 27 heavy (non-hydrogen) atoms. The molecule has 0 spiro atoms. The number of nitrogens with zero attached hydrogens (tertiary/aromatic N) is 1. The molecule has 0 saturated carbocycles. The molecule has 1 saturated heterocycles. The van der Waals surface area contributed by atoms with Crippen molar-refractivity contribution in [3.05, 3.63) is 33.1 Å². The molecule has 1 unspecified atom stereocenters. The molecule has 0 bridgehead atoms. The molecule has 8 nitrogen and oxygen atoms in total. The number of rotatable bonds is 6. The van der Waals surface area contributed by atoms with E-state index in [1.54, 1.807) is 0 Å². The third kappa shape index (κ3) is 3.97. The van der Waals surface area contributed by atoms with Gasteiger partial charge in [-0.2, -0.15) is 0 Å². The lowest BCUT2D eigenvalue weighted by molar-refractivity contribution is -0.129. The van der Waals surface area contributed by atoms with E-state index in [2.05, 4.69) is 38.8 Å². The van der Waals surface area contributed by atoms with Gasteiger partial charge in [-0.1, -0.05) is 27.7 Å². The van der Waals surface area contributed by atoms with Crippen molar-refractivity contribution in [3.8, 4) is 0 Å². The second kappa shape index (κ2) is 7.63. The minimum atomic E-state index is -2.22. The molecule has 2 rings (SSSR count). The average Bonchev–Trinajstić information content (AvgIpc) is 2.87. The summed E-state index contributed by atoms with van der Waals surface area (Å²) in [6.07, 6.45) is -0.125. The molecule has 9 heteroatoms. The van der Waals surface area contributed by atoms with Crippen LogP contribution in [0.15, 0.2) is 21.9 Å². The van der Waals surface area contributed by atoms with Crippen LogP contribution in [0.2, 0.25) is 18.1 Å². The number of aromatic amines is 1. The van der Waals surface area contributed by atoms with Crippen LogP contribution in [0.4, 0.5) is 0 Å². The van der Waals surface area contributed by atoms with Crippen LogP contribution in [-0.4, -0.2) is 54.5 Å². The SMILES string of the molecule is CC[C@@]1(CO)O[C@@H](n2ccc(=O)[nH]c2=O)[C@@H](OC)C1O[Si](C)(C)C(C)(C)C. The van der Waals surface area contributed by atoms with Crippen LogP contribution in [-0.2, 0) is 13.9 Å². The van der Waals surface area contributed by atoms with Crippen molar-refractivity contribution in [2.24, 2.45) is 0 Å². The Kier molecular flexibility index (Phi) is 6.23. The van der Waals surface area contributed by atoms with E-state index in [0.29, 0.717) is 6.42 Å². The molecule has 2 N–H and O–H groups in total. The van der Waals surface area contributed by atoms with E-state index in [9.17, 15) is 14.7 Å². The monoisotopic (exact) mass is 400 g/mol. The lowest BCUT2D eigenvalue weighted by Gasteiger charge is -2.43. The average molecular weight is 401 g/mol. The van der Waals surface area contributed by atoms with Gasteiger partial charge in [0.25, 0.3) is 5.56 Å². The van der Waals surface area contributed by atoms with E-state index in [-0.39, 0.29) is 11.6 Å². The maximum atomic E-state index is 12.3. The third-order valence-electron chi connectivity index (χ3n) is 5.94. The lowest BCUT2D eigenvalue weighted by atomic mass is 9.93. The molecule has 1 aliphatic rings. The van der Waals surface area contributed by atoms with Gasteiger partial charge in [-0.05, 0) is 24.6 Å². The molecule has 4 atom stereocenters. The van der Waals surface area contributed by atoms with E-state index in [1.165, 1.54) is 23.9 Å². The fourth-order valence-electron chi connectivity index (χ4n) is 3.10. The van der Waals surface area contributed by atoms with Crippen molar-refractivity contribution in [2.75, 3.05) is 13.7 Å². The van der Waals surface area contributed by atoms with Crippen molar-refractivity contribution in [3.63, 3.8) is 0 Å². The van der Waals surface area contributed by atoms with Gasteiger partial charge in [0, 0.05) is 19.4 Å². The van der Waals surface area contributed by atoms with E-state index >= 15 is 0 Å².